The summed E-state index contributed by atoms with van der Waals surface area (Å²) in [5.74, 6) is 6.06. The third-order valence-corrected chi connectivity index (χ3v) is 5.49. The lowest BCUT2D eigenvalue weighted by molar-refractivity contribution is 0.484. The van der Waals surface area contributed by atoms with E-state index in [9.17, 15) is 8.42 Å². The molecule has 1 saturated carbocycles. The van der Waals surface area contributed by atoms with Crippen molar-refractivity contribution in [2.75, 3.05) is 5.43 Å². The van der Waals surface area contributed by atoms with E-state index in [1.54, 1.807) is 24.3 Å². The SMILES string of the molecule is CC1CCCC(NS(=O)(=O)c2ccccc2NN)CC1. The summed E-state index contributed by atoms with van der Waals surface area (Å²) in [5.41, 5.74) is 2.86. The number of nitrogen functional groups attached to an aromatic ring is 1. The molecule has 0 aliphatic heterocycles. The number of nitrogens with two attached hydrogens (primary N) is 1. The van der Waals surface area contributed by atoms with E-state index in [2.05, 4.69) is 17.1 Å². The molecule has 2 unspecified atom stereocenters. The normalized spacial score (nSPS) is 24.1. The predicted molar refractivity (Wildman–Crippen MR) is 80.6 cm³/mol. The van der Waals surface area contributed by atoms with Gasteiger partial charge >= 0.3 is 0 Å². The fourth-order valence-electron chi connectivity index (χ4n) is 2.71. The van der Waals surface area contributed by atoms with Gasteiger partial charge in [-0.1, -0.05) is 31.9 Å². The zero-order chi connectivity index (χ0) is 14.6. The van der Waals surface area contributed by atoms with Crippen molar-refractivity contribution in [3.8, 4) is 0 Å². The van der Waals surface area contributed by atoms with Crippen molar-refractivity contribution in [3.05, 3.63) is 24.3 Å². The van der Waals surface area contributed by atoms with E-state index >= 15 is 0 Å². The van der Waals surface area contributed by atoms with Gasteiger partial charge in [0.15, 0.2) is 0 Å². The van der Waals surface area contributed by atoms with Gasteiger partial charge in [-0.25, -0.2) is 13.1 Å². The number of nitrogens with one attached hydrogen (secondary N) is 2. The van der Waals surface area contributed by atoms with Crippen molar-refractivity contribution in [1.82, 2.24) is 4.72 Å². The Bertz CT molecular complexity index is 545. The summed E-state index contributed by atoms with van der Waals surface area (Å²) >= 11 is 0. The van der Waals surface area contributed by atoms with Gasteiger partial charge < -0.3 is 5.43 Å². The van der Waals surface area contributed by atoms with Crippen molar-refractivity contribution in [1.29, 1.82) is 0 Å². The third kappa shape index (κ3) is 3.71. The lowest BCUT2D eigenvalue weighted by Gasteiger charge is -2.18. The maximum absolute atomic E-state index is 12.5. The molecule has 1 fully saturated rings. The van der Waals surface area contributed by atoms with Crippen molar-refractivity contribution in [2.24, 2.45) is 11.8 Å². The van der Waals surface area contributed by atoms with Gasteiger partial charge in [-0.15, -0.1) is 0 Å². The second-order valence-electron chi connectivity index (χ2n) is 5.57. The Morgan fingerprint density at radius 1 is 1.15 bits per heavy atom. The van der Waals surface area contributed by atoms with Crippen LogP contribution in [0, 0.1) is 5.92 Å². The highest BCUT2D eigenvalue weighted by molar-refractivity contribution is 7.89. The largest absolute Gasteiger partial charge is 0.323 e. The van der Waals surface area contributed by atoms with Crippen LogP contribution in [0.15, 0.2) is 29.2 Å². The molecule has 2 rings (SSSR count). The van der Waals surface area contributed by atoms with Crippen LogP contribution in [-0.2, 0) is 10.0 Å². The predicted octanol–water partition coefficient (Wildman–Crippen LogP) is 2.22. The van der Waals surface area contributed by atoms with Crippen molar-refractivity contribution >= 4 is 15.7 Å². The van der Waals surface area contributed by atoms with Gasteiger partial charge in [0.2, 0.25) is 10.0 Å². The fraction of sp³-hybridized carbons (Fsp3) is 0.571. The van der Waals surface area contributed by atoms with E-state index in [0.29, 0.717) is 11.6 Å². The Balaban J connectivity index is 2.14. The third-order valence-electron chi connectivity index (χ3n) is 3.91. The molecule has 5 nitrogen and oxygen atoms in total. The number of benzene rings is 1. The number of para-hydroxylation sites is 1. The first-order valence-corrected chi connectivity index (χ1v) is 8.59. The highest BCUT2D eigenvalue weighted by atomic mass is 32.2. The van der Waals surface area contributed by atoms with Crippen LogP contribution in [0.5, 0.6) is 0 Å². The van der Waals surface area contributed by atoms with Gasteiger partial charge in [0, 0.05) is 6.04 Å². The highest BCUT2D eigenvalue weighted by Crippen LogP contribution is 2.25. The van der Waals surface area contributed by atoms with Crippen LogP contribution >= 0.6 is 0 Å². The molecule has 0 spiro atoms. The first-order chi connectivity index (χ1) is 9.53. The Morgan fingerprint density at radius 3 is 2.65 bits per heavy atom. The standard InChI is InChI=1S/C14H23N3O2S/c1-11-5-4-6-12(10-9-11)17-20(18,19)14-8-3-2-7-13(14)16-15/h2-3,7-8,11-12,16-17H,4-6,9-10,15H2,1H3. The lowest BCUT2D eigenvalue weighted by Crippen LogP contribution is -2.35. The van der Waals surface area contributed by atoms with E-state index in [-0.39, 0.29) is 10.9 Å². The molecule has 1 aromatic rings. The minimum absolute atomic E-state index is 0.0239. The molecule has 0 radical (unpaired) electrons. The molecule has 1 aliphatic carbocycles. The molecule has 4 N–H and O–H groups in total. The van der Waals surface area contributed by atoms with Crippen LogP contribution in [0.3, 0.4) is 0 Å². The first-order valence-electron chi connectivity index (χ1n) is 7.11. The Labute approximate surface area is 121 Å². The molecule has 6 heteroatoms. The molecule has 1 aliphatic rings. The van der Waals surface area contributed by atoms with Crippen molar-refractivity contribution < 1.29 is 8.42 Å². The molecule has 0 aromatic heterocycles. The second kappa shape index (κ2) is 6.56. The van der Waals surface area contributed by atoms with E-state index < -0.39 is 10.0 Å². The van der Waals surface area contributed by atoms with Crippen LogP contribution in [0.1, 0.15) is 39.0 Å². The molecule has 1 aromatic carbocycles. The average Bonchev–Trinajstić information content (AvgIpc) is 2.63. The molecule has 20 heavy (non-hydrogen) atoms. The number of hydrazine groups is 1. The van der Waals surface area contributed by atoms with Gasteiger partial charge in [0.1, 0.15) is 4.90 Å². The topological polar surface area (TPSA) is 84.2 Å². The summed E-state index contributed by atoms with van der Waals surface area (Å²) in [6.45, 7) is 2.23. The van der Waals surface area contributed by atoms with Gasteiger partial charge in [-0.3, -0.25) is 5.84 Å². The highest BCUT2D eigenvalue weighted by Gasteiger charge is 2.24. The number of hydrogen-bond acceptors (Lipinski definition) is 4. The van der Waals surface area contributed by atoms with Crippen molar-refractivity contribution in [2.45, 2.75) is 50.0 Å². The summed E-state index contributed by atoms with van der Waals surface area (Å²) in [7, 11) is -3.53. The molecule has 112 valence electrons. The van der Waals surface area contributed by atoms with Crippen LogP contribution in [-0.4, -0.2) is 14.5 Å². The van der Waals surface area contributed by atoms with Gasteiger partial charge in [-0.2, -0.15) is 0 Å². The van der Waals surface area contributed by atoms with Gasteiger partial charge in [0.25, 0.3) is 0 Å². The molecule has 0 bridgehead atoms. The molecular weight excluding hydrogens is 274 g/mol. The second-order valence-corrected chi connectivity index (χ2v) is 7.25. The molecular formula is C14H23N3O2S. The summed E-state index contributed by atoms with van der Waals surface area (Å²) < 4.78 is 27.8. The summed E-state index contributed by atoms with van der Waals surface area (Å²) in [6, 6.07) is 6.70. The maximum atomic E-state index is 12.5. The maximum Gasteiger partial charge on any atom is 0.242 e. The van der Waals surface area contributed by atoms with Crippen LogP contribution < -0.4 is 16.0 Å². The van der Waals surface area contributed by atoms with E-state index in [0.717, 1.165) is 25.7 Å². The smallest absolute Gasteiger partial charge is 0.242 e. The lowest BCUT2D eigenvalue weighted by atomic mass is 10.0. The van der Waals surface area contributed by atoms with Gasteiger partial charge in [-0.05, 0) is 37.3 Å². The van der Waals surface area contributed by atoms with Crippen LogP contribution in [0.2, 0.25) is 0 Å². The number of hydrogen-bond donors (Lipinski definition) is 3. The summed E-state index contributed by atoms with van der Waals surface area (Å²) in [6.07, 6.45) is 5.13. The minimum Gasteiger partial charge on any atom is -0.323 e. The average molecular weight is 297 g/mol. The molecule has 0 amide bonds. The molecule has 0 heterocycles. The zero-order valence-corrected chi connectivity index (χ0v) is 12.6. The molecule has 0 saturated heterocycles. The fourth-order valence-corrected chi connectivity index (χ4v) is 4.18. The quantitative estimate of drug-likeness (QED) is 0.452. The van der Waals surface area contributed by atoms with Crippen LogP contribution in [0.4, 0.5) is 5.69 Å². The van der Waals surface area contributed by atoms with Crippen LogP contribution in [0.25, 0.3) is 0 Å². The van der Waals surface area contributed by atoms with Gasteiger partial charge in [0.05, 0.1) is 5.69 Å². The summed E-state index contributed by atoms with van der Waals surface area (Å²) in [5, 5.41) is 0. The van der Waals surface area contributed by atoms with E-state index in [4.69, 9.17) is 5.84 Å². The Kier molecular flexibility index (Phi) is 5.01. The number of sulfonamides is 1. The minimum atomic E-state index is -3.53. The first kappa shape index (κ1) is 15.3. The Hall–Kier alpha value is -1.11. The zero-order valence-electron chi connectivity index (χ0n) is 11.8. The van der Waals surface area contributed by atoms with E-state index in [1.807, 2.05) is 0 Å². The summed E-state index contributed by atoms with van der Waals surface area (Å²) in [4.78, 5) is 0.208. The number of anilines is 1. The van der Waals surface area contributed by atoms with E-state index in [1.165, 1.54) is 6.42 Å². The Morgan fingerprint density at radius 2 is 1.90 bits per heavy atom. The monoisotopic (exact) mass is 297 g/mol. The number of rotatable bonds is 4. The van der Waals surface area contributed by atoms with Crippen molar-refractivity contribution in [3.63, 3.8) is 0 Å². The molecule has 2 atom stereocenters.